The zero-order valence-corrected chi connectivity index (χ0v) is 16.2. The van der Waals surface area contributed by atoms with Crippen LogP contribution in [0.3, 0.4) is 0 Å². The fourth-order valence-electron chi connectivity index (χ4n) is 3.00. The van der Waals surface area contributed by atoms with Crippen LogP contribution in [0.5, 0.6) is 5.75 Å². The van der Waals surface area contributed by atoms with Crippen LogP contribution in [0.4, 0.5) is 5.69 Å². The molecule has 1 N–H and O–H groups in total. The van der Waals surface area contributed by atoms with E-state index in [9.17, 15) is 4.79 Å². The maximum absolute atomic E-state index is 12.7. The van der Waals surface area contributed by atoms with Gasteiger partial charge in [0, 0.05) is 30.7 Å². The Balaban J connectivity index is 1.73. The molecule has 5 heteroatoms. The summed E-state index contributed by atoms with van der Waals surface area (Å²) in [6, 6.07) is 17.8. The van der Waals surface area contributed by atoms with Crippen LogP contribution in [0.1, 0.15) is 23.0 Å². The zero-order chi connectivity index (χ0) is 19.4. The minimum atomic E-state index is -0.113. The van der Waals surface area contributed by atoms with E-state index in [0.717, 1.165) is 22.3 Å². The molecule has 1 unspecified atom stereocenters. The Hall–Kier alpha value is -3.08. The third kappa shape index (κ3) is 4.19. The third-order valence-electron chi connectivity index (χ3n) is 4.84. The van der Waals surface area contributed by atoms with Gasteiger partial charge >= 0.3 is 0 Å². The Bertz CT molecular complexity index is 941. The minimum absolute atomic E-state index is 0.113. The van der Waals surface area contributed by atoms with Crippen LogP contribution in [0.25, 0.3) is 10.9 Å². The lowest BCUT2D eigenvalue weighted by Gasteiger charge is -2.27. The largest absolute Gasteiger partial charge is 0.497 e. The summed E-state index contributed by atoms with van der Waals surface area (Å²) in [7, 11) is 3.66. The number of hydrogen-bond donors (Lipinski definition) is 1. The van der Waals surface area contributed by atoms with Crippen LogP contribution < -0.4 is 15.0 Å². The van der Waals surface area contributed by atoms with E-state index in [4.69, 9.17) is 4.74 Å². The lowest BCUT2D eigenvalue weighted by atomic mass is 10.1. The molecule has 2 aromatic carbocycles. The van der Waals surface area contributed by atoms with Crippen molar-refractivity contribution in [3.63, 3.8) is 0 Å². The van der Waals surface area contributed by atoms with Gasteiger partial charge in [-0.15, -0.1) is 0 Å². The highest BCUT2D eigenvalue weighted by molar-refractivity contribution is 5.98. The number of benzene rings is 2. The molecule has 0 aliphatic heterocycles. The van der Waals surface area contributed by atoms with Gasteiger partial charge in [-0.25, -0.2) is 0 Å². The molecule has 1 amide bonds. The number of amides is 1. The molecule has 0 aliphatic carbocycles. The highest BCUT2D eigenvalue weighted by Gasteiger charge is 2.15. The Kier molecular flexibility index (Phi) is 5.60. The zero-order valence-electron chi connectivity index (χ0n) is 16.2. The van der Waals surface area contributed by atoms with Crippen LogP contribution in [0.2, 0.25) is 0 Å². The molecule has 5 nitrogen and oxygen atoms in total. The molecule has 0 spiro atoms. The number of aryl methyl sites for hydroxylation is 1. The molecule has 3 aromatic rings. The van der Waals surface area contributed by atoms with Crippen molar-refractivity contribution in [3.8, 4) is 5.75 Å². The normalized spacial score (nSPS) is 11.9. The summed E-state index contributed by atoms with van der Waals surface area (Å²) >= 11 is 0. The van der Waals surface area contributed by atoms with Crippen LogP contribution >= 0.6 is 0 Å². The summed E-state index contributed by atoms with van der Waals surface area (Å²) < 4.78 is 5.27. The molecule has 3 rings (SSSR count). The molecule has 1 aromatic heterocycles. The number of rotatable bonds is 6. The van der Waals surface area contributed by atoms with Crippen molar-refractivity contribution in [2.75, 3.05) is 25.6 Å². The van der Waals surface area contributed by atoms with Crippen molar-refractivity contribution >= 4 is 22.5 Å². The number of pyridine rings is 1. The number of para-hydroxylation sites is 1. The summed E-state index contributed by atoms with van der Waals surface area (Å²) in [4.78, 5) is 19.4. The molecule has 0 saturated heterocycles. The maximum Gasteiger partial charge on any atom is 0.253 e. The van der Waals surface area contributed by atoms with Crippen LogP contribution in [-0.4, -0.2) is 37.6 Å². The van der Waals surface area contributed by atoms with Crippen molar-refractivity contribution in [2.24, 2.45) is 0 Å². The fraction of sp³-hybridized carbons (Fsp3) is 0.273. The highest BCUT2D eigenvalue weighted by Crippen LogP contribution is 2.22. The smallest absolute Gasteiger partial charge is 0.253 e. The summed E-state index contributed by atoms with van der Waals surface area (Å²) in [6.45, 7) is 4.49. The lowest BCUT2D eigenvalue weighted by Crippen LogP contribution is -2.40. The average Bonchev–Trinajstić information content (AvgIpc) is 2.70. The number of hydrogen-bond acceptors (Lipinski definition) is 4. The first-order chi connectivity index (χ1) is 13.0. The first-order valence-electron chi connectivity index (χ1n) is 9.01. The maximum atomic E-state index is 12.7. The van der Waals surface area contributed by atoms with E-state index in [1.807, 2.05) is 56.4 Å². The Morgan fingerprint density at radius 3 is 2.63 bits per heavy atom. The van der Waals surface area contributed by atoms with Gasteiger partial charge in [0.15, 0.2) is 0 Å². The van der Waals surface area contributed by atoms with Crippen LogP contribution in [0.15, 0.2) is 54.6 Å². The summed E-state index contributed by atoms with van der Waals surface area (Å²) in [5.41, 5.74) is 3.27. The second-order valence-corrected chi connectivity index (χ2v) is 6.69. The quantitative estimate of drug-likeness (QED) is 0.724. The molecule has 1 atom stereocenters. The SMILES string of the molecule is COc1ccc2nc(C)c(C(=O)NCC(C)N(C)c3ccccc3)cc2c1. The van der Waals surface area contributed by atoms with Gasteiger partial charge in [-0.05, 0) is 50.2 Å². The van der Waals surface area contributed by atoms with Gasteiger partial charge in [0.1, 0.15) is 5.75 Å². The van der Waals surface area contributed by atoms with Crippen LogP contribution in [0, 0.1) is 6.92 Å². The van der Waals surface area contributed by atoms with Gasteiger partial charge in [-0.3, -0.25) is 9.78 Å². The minimum Gasteiger partial charge on any atom is -0.497 e. The number of likely N-dealkylation sites (N-methyl/N-ethyl adjacent to an activating group) is 1. The number of nitrogens with zero attached hydrogens (tertiary/aromatic N) is 2. The lowest BCUT2D eigenvalue weighted by molar-refractivity contribution is 0.0951. The molecule has 27 heavy (non-hydrogen) atoms. The number of fused-ring (bicyclic) bond motifs is 1. The second kappa shape index (κ2) is 8.08. The third-order valence-corrected chi connectivity index (χ3v) is 4.84. The first kappa shape index (κ1) is 18.7. The molecular weight excluding hydrogens is 338 g/mol. The van der Waals surface area contributed by atoms with Crippen LogP contribution in [-0.2, 0) is 0 Å². The van der Waals surface area contributed by atoms with Gasteiger partial charge in [0.25, 0.3) is 5.91 Å². The molecule has 1 heterocycles. The van der Waals surface area contributed by atoms with Gasteiger partial charge < -0.3 is 15.0 Å². The van der Waals surface area contributed by atoms with Crippen molar-refractivity contribution in [3.05, 3.63) is 65.9 Å². The highest BCUT2D eigenvalue weighted by atomic mass is 16.5. The standard InChI is InChI=1S/C22H25N3O2/c1-15(25(3)18-8-6-5-7-9-18)14-23-22(26)20-13-17-12-19(27-4)10-11-21(17)24-16(20)2/h5-13,15H,14H2,1-4H3,(H,23,26). The second-order valence-electron chi connectivity index (χ2n) is 6.69. The number of aromatic nitrogens is 1. The first-order valence-corrected chi connectivity index (χ1v) is 9.01. The molecule has 0 bridgehead atoms. The predicted molar refractivity (Wildman–Crippen MR) is 110 cm³/mol. The number of carbonyl (C=O) groups excluding carboxylic acids is 1. The Morgan fingerprint density at radius 1 is 1.19 bits per heavy atom. The van der Waals surface area contributed by atoms with E-state index in [-0.39, 0.29) is 11.9 Å². The molecule has 0 saturated carbocycles. The molecule has 0 radical (unpaired) electrons. The van der Waals surface area contributed by atoms with Crippen molar-refractivity contribution in [1.29, 1.82) is 0 Å². The Morgan fingerprint density at radius 2 is 1.93 bits per heavy atom. The number of anilines is 1. The summed E-state index contributed by atoms with van der Waals surface area (Å²) in [6.07, 6.45) is 0. The summed E-state index contributed by atoms with van der Waals surface area (Å²) in [5, 5.41) is 3.92. The van der Waals surface area contributed by atoms with Gasteiger partial charge in [-0.2, -0.15) is 0 Å². The number of methoxy groups -OCH3 is 1. The van der Waals surface area contributed by atoms with Crippen molar-refractivity contribution in [2.45, 2.75) is 19.9 Å². The molecule has 0 aliphatic rings. The van der Waals surface area contributed by atoms with E-state index in [2.05, 4.69) is 34.3 Å². The molecular formula is C22H25N3O2. The topological polar surface area (TPSA) is 54.5 Å². The predicted octanol–water partition coefficient (Wildman–Crippen LogP) is 3.81. The number of carbonyl (C=O) groups is 1. The number of nitrogens with one attached hydrogen (secondary N) is 1. The Labute approximate surface area is 160 Å². The molecule has 140 valence electrons. The van der Waals surface area contributed by atoms with E-state index < -0.39 is 0 Å². The van der Waals surface area contributed by atoms with Crippen molar-refractivity contribution in [1.82, 2.24) is 10.3 Å². The monoisotopic (exact) mass is 363 g/mol. The van der Waals surface area contributed by atoms with Crippen molar-refractivity contribution < 1.29 is 9.53 Å². The van der Waals surface area contributed by atoms with Gasteiger partial charge in [0.05, 0.1) is 23.9 Å². The van der Waals surface area contributed by atoms with E-state index >= 15 is 0 Å². The van der Waals surface area contributed by atoms with E-state index in [1.54, 1.807) is 7.11 Å². The van der Waals surface area contributed by atoms with E-state index in [0.29, 0.717) is 17.8 Å². The van der Waals surface area contributed by atoms with Gasteiger partial charge in [-0.1, -0.05) is 18.2 Å². The fourth-order valence-corrected chi connectivity index (χ4v) is 3.00. The molecule has 0 fully saturated rings. The van der Waals surface area contributed by atoms with E-state index in [1.165, 1.54) is 0 Å². The average molecular weight is 363 g/mol. The number of ether oxygens (including phenoxy) is 1. The van der Waals surface area contributed by atoms with Gasteiger partial charge in [0.2, 0.25) is 0 Å². The summed E-state index contributed by atoms with van der Waals surface area (Å²) in [5.74, 6) is 0.635.